The standard InChI is InChI=1S/C17H25N3O3.ClH/c1-4-5-18-6-7-19-15(22)12-8-11-13(20-16(12)23)9-17(2,3)10-14(11)21;/h8,18H,4-7,9-10H2,1-3H3,(H,19,22)(H,20,23);1H. The number of aromatic nitrogens is 1. The Morgan fingerprint density at radius 3 is 2.58 bits per heavy atom. The molecule has 0 radical (unpaired) electrons. The molecule has 0 saturated heterocycles. The molecule has 134 valence electrons. The molecule has 3 N–H and O–H groups in total. The molecular weight excluding hydrogens is 330 g/mol. The zero-order valence-electron chi connectivity index (χ0n) is 14.5. The summed E-state index contributed by atoms with van der Waals surface area (Å²) in [6.07, 6.45) is 2.08. The number of nitrogens with one attached hydrogen (secondary N) is 3. The van der Waals surface area contributed by atoms with Gasteiger partial charge < -0.3 is 15.6 Å². The Balaban J connectivity index is 0.00000288. The van der Waals surface area contributed by atoms with Crippen molar-refractivity contribution >= 4 is 24.1 Å². The molecule has 6 nitrogen and oxygen atoms in total. The van der Waals surface area contributed by atoms with Crippen LogP contribution in [-0.4, -0.2) is 36.3 Å². The minimum absolute atomic E-state index is 0. The molecule has 1 aromatic heterocycles. The van der Waals surface area contributed by atoms with Crippen LogP contribution in [0.25, 0.3) is 0 Å². The lowest BCUT2D eigenvalue weighted by atomic mass is 9.75. The van der Waals surface area contributed by atoms with Crippen molar-refractivity contribution in [1.29, 1.82) is 0 Å². The first-order chi connectivity index (χ1) is 10.8. The van der Waals surface area contributed by atoms with Gasteiger partial charge in [-0.2, -0.15) is 0 Å². The summed E-state index contributed by atoms with van der Waals surface area (Å²) < 4.78 is 0. The van der Waals surface area contributed by atoms with Gasteiger partial charge in [0, 0.05) is 30.8 Å². The molecule has 1 aromatic rings. The van der Waals surface area contributed by atoms with Gasteiger partial charge in [0.1, 0.15) is 5.56 Å². The fourth-order valence-corrected chi connectivity index (χ4v) is 2.86. The van der Waals surface area contributed by atoms with Crippen molar-refractivity contribution in [2.24, 2.45) is 5.41 Å². The number of Topliss-reactive ketones (excluding diaryl/α,β-unsaturated/α-hetero) is 1. The number of hydrogen-bond acceptors (Lipinski definition) is 4. The quantitative estimate of drug-likeness (QED) is 0.677. The summed E-state index contributed by atoms with van der Waals surface area (Å²) in [4.78, 5) is 39.3. The van der Waals surface area contributed by atoms with Gasteiger partial charge in [-0.3, -0.25) is 14.4 Å². The van der Waals surface area contributed by atoms with Crippen molar-refractivity contribution < 1.29 is 9.59 Å². The second-order valence-electron chi connectivity index (χ2n) is 6.85. The van der Waals surface area contributed by atoms with Gasteiger partial charge in [-0.15, -0.1) is 12.4 Å². The molecule has 0 spiro atoms. The minimum Gasteiger partial charge on any atom is -0.351 e. The Morgan fingerprint density at radius 2 is 1.92 bits per heavy atom. The highest BCUT2D eigenvalue weighted by Gasteiger charge is 2.32. The fraction of sp³-hybridized carbons (Fsp3) is 0.588. The van der Waals surface area contributed by atoms with Gasteiger partial charge in [-0.25, -0.2) is 0 Å². The third kappa shape index (κ3) is 4.92. The number of carbonyl (C=O) groups is 2. The molecule has 0 saturated carbocycles. The number of rotatable bonds is 6. The molecule has 0 bridgehead atoms. The van der Waals surface area contributed by atoms with Crippen molar-refractivity contribution in [2.45, 2.75) is 40.0 Å². The first-order valence-electron chi connectivity index (χ1n) is 8.12. The maximum absolute atomic E-state index is 12.3. The Morgan fingerprint density at radius 1 is 1.21 bits per heavy atom. The topological polar surface area (TPSA) is 91.1 Å². The summed E-state index contributed by atoms with van der Waals surface area (Å²) in [6.45, 7) is 8.04. The Kier molecular flexibility index (Phi) is 7.17. The number of pyridine rings is 1. The van der Waals surface area contributed by atoms with Crippen LogP contribution in [0.5, 0.6) is 0 Å². The van der Waals surface area contributed by atoms with Gasteiger partial charge in [0.2, 0.25) is 0 Å². The summed E-state index contributed by atoms with van der Waals surface area (Å²) in [5.41, 5.74) is 0.512. The smallest absolute Gasteiger partial charge is 0.261 e. The van der Waals surface area contributed by atoms with Crippen LogP contribution in [0.2, 0.25) is 0 Å². The van der Waals surface area contributed by atoms with E-state index in [1.807, 2.05) is 13.8 Å². The van der Waals surface area contributed by atoms with E-state index in [0.717, 1.165) is 13.0 Å². The highest BCUT2D eigenvalue weighted by Crippen LogP contribution is 2.33. The van der Waals surface area contributed by atoms with Crippen LogP contribution in [-0.2, 0) is 6.42 Å². The number of carbonyl (C=O) groups excluding carboxylic acids is 2. The van der Waals surface area contributed by atoms with Gasteiger partial charge in [-0.1, -0.05) is 20.8 Å². The second-order valence-corrected chi connectivity index (χ2v) is 6.85. The maximum Gasteiger partial charge on any atom is 0.261 e. The van der Waals surface area contributed by atoms with E-state index in [1.54, 1.807) is 0 Å². The summed E-state index contributed by atoms with van der Waals surface area (Å²) in [6, 6.07) is 1.44. The molecule has 1 heterocycles. The van der Waals surface area contributed by atoms with E-state index in [4.69, 9.17) is 0 Å². The molecule has 0 aromatic carbocycles. The molecule has 0 atom stereocenters. The monoisotopic (exact) mass is 355 g/mol. The van der Waals surface area contributed by atoms with Crippen LogP contribution in [0.4, 0.5) is 0 Å². The summed E-state index contributed by atoms with van der Waals surface area (Å²) >= 11 is 0. The zero-order chi connectivity index (χ0) is 17.0. The van der Waals surface area contributed by atoms with Crippen LogP contribution in [0.15, 0.2) is 10.9 Å². The van der Waals surface area contributed by atoms with E-state index in [-0.39, 0.29) is 29.2 Å². The average molecular weight is 356 g/mol. The van der Waals surface area contributed by atoms with Crippen LogP contribution < -0.4 is 16.2 Å². The molecule has 0 fully saturated rings. The summed E-state index contributed by atoms with van der Waals surface area (Å²) in [7, 11) is 0. The van der Waals surface area contributed by atoms with Crippen LogP contribution in [0, 0.1) is 5.41 Å². The normalized spacial score (nSPS) is 15.4. The average Bonchev–Trinajstić information content (AvgIpc) is 2.44. The Labute approximate surface area is 148 Å². The molecule has 0 unspecified atom stereocenters. The molecule has 2 rings (SSSR count). The van der Waals surface area contributed by atoms with Crippen molar-refractivity contribution in [1.82, 2.24) is 15.6 Å². The van der Waals surface area contributed by atoms with Gasteiger partial charge in [0.25, 0.3) is 11.5 Å². The van der Waals surface area contributed by atoms with Crippen molar-refractivity contribution in [3.8, 4) is 0 Å². The third-order valence-corrected chi connectivity index (χ3v) is 3.98. The van der Waals surface area contributed by atoms with E-state index in [2.05, 4.69) is 22.5 Å². The van der Waals surface area contributed by atoms with E-state index in [9.17, 15) is 14.4 Å². The third-order valence-electron chi connectivity index (χ3n) is 3.98. The summed E-state index contributed by atoms with van der Waals surface area (Å²) in [5.74, 6) is -0.462. The number of aromatic amines is 1. The highest BCUT2D eigenvalue weighted by atomic mass is 35.5. The molecule has 7 heteroatoms. The van der Waals surface area contributed by atoms with Crippen molar-refractivity contribution in [3.05, 3.63) is 33.2 Å². The maximum atomic E-state index is 12.3. The van der Waals surface area contributed by atoms with Crippen LogP contribution in [0.1, 0.15) is 60.0 Å². The molecule has 1 aliphatic rings. The van der Waals surface area contributed by atoms with E-state index in [0.29, 0.717) is 37.2 Å². The number of H-pyrrole nitrogens is 1. The SMILES string of the molecule is CCCNCCNC(=O)c1cc2c([nH]c1=O)CC(C)(C)CC2=O.Cl. The molecule has 24 heavy (non-hydrogen) atoms. The van der Waals surface area contributed by atoms with E-state index >= 15 is 0 Å². The van der Waals surface area contributed by atoms with E-state index < -0.39 is 11.5 Å². The predicted molar refractivity (Wildman–Crippen MR) is 96.2 cm³/mol. The van der Waals surface area contributed by atoms with E-state index in [1.165, 1.54) is 6.07 Å². The van der Waals surface area contributed by atoms with Gasteiger partial charge in [0.15, 0.2) is 5.78 Å². The largest absolute Gasteiger partial charge is 0.351 e. The lowest BCUT2D eigenvalue weighted by Crippen LogP contribution is -2.37. The van der Waals surface area contributed by atoms with Crippen LogP contribution >= 0.6 is 12.4 Å². The molecule has 0 aliphatic heterocycles. The van der Waals surface area contributed by atoms with Crippen molar-refractivity contribution in [3.63, 3.8) is 0 Å². The number of ketones is 1. The predicted octanol–water partition coefficient (Wildman–Crippen LogP) is 1.68. The first-order valence-corrected chi connectivity index (χ1v) is 8.12. The fourth-order valence-electron chi connectivity index (χ4n) is 2.86. The summed E-state index contributed by atoms with van der Waals surface area (Å²) in [5, 5.41) is 5.87. The van der Waals surface area contributed by atoms with Gasteiger partial charge in [-0.05, 0) is 30.9 Å². The zero-order valence-corrected chi connectivity index (χ0v) is 15.3. The molecule has 1 aliphatic carbocycles. The van der Waals surface area contributed by atoms with Crippen molar-refractivity contribution in [2.75, 3.05) is 19.6 Å². The number of fused-ring (bicyclic) bond motifs is 1. The lowest BCUT2D eigenvalue weighted by Gasteiger charge is -2.29. The number of hydrogen-bond donors (Lipinski definition) is 3. The number of halogens is 1. The van der Waals surface area contributed by atoms with Crippen LogP contribution in [0.3, 0.4) is 0 Å². The minimum atomic E-state index is -0.440. The number of amides is 1. The van der Waals surface area contributed by atoms with Gasteiger partial charge >= 0.3 is 0 Å². The first kappa shape index (κ1) is 20.4. The molecule has 1 amide bonds. The second kappa shape index (κ2) is 8.44. The highest BCUT2D eigenvalue weighted by molar-refractivity contribution is 6.02. The lowest BCUT2D eigenvalue weighted by molar-refractivity contribution is 0.0910. The van der Waals surface area contributed by atoms with Gasteiger partial charge in [0.05, 0.1) is 0 Å². The Hall–Kier alpha value is -1.66. The molecular formula is C17H26ClN3O3. The Bertz CT molecular complexity index is 668.